The van der Waals surface area contributed by atoms with Gasteiger partial charge in [-0.2, -0.15) is 0 Å². The molecule has 0 aliphatic rings. The predicted octanol–water partition coefficient (Wildman–Crippen LogP) is 21.7. The second kappa shape index (κ2) is 60.0. The second-order valence-electron chi connectivity index (χ2n) is 34.3. The fourth-order valence-electron chi connectivity index (χ4n) is 14.8. The number of amides is 7. The number of ether oxygens (including phenoxy) is 6. The van der Waals surface area contributed by atoms with Crippen molar-refractivity contribution >= 4 is 105 Å². The van der Waals surface area contributed by atoms with Gasteiger partial charge in [-0.25, -0.2) is 14.4 Å². The minimum Gasteiger partial charge on any atom is -0.497 e. The number of hydrogen-bond donors (Lipinski definition) is 12. The van der Waals surface area contributed by atoms with E-state index in [1.807, 2.05) is 164 Å². The summed E-state index contributed by atoms with van der Waals surface area (Å²) in [5.74, 6) is -2.28. The van der Waals surface area contributed by atoms with Gasteiger partial charge in [-0.3, -0.25) is 33.6 Å². The monoisotopic (exact) mass is 1940 g/mol. The summed E-state index contributed by atoms with van der Waals surface area (Å²) in [6, 6.07) is 83.4. The SMILES string of the molecule is CCCCCCCOc1ccc(NC(=O)c2ccc(CC(NC(=O)c3ccc(NC(=O)Cc4ccc(OC)cc4)cc3)C(=O)O)cc2)cc1.CCCCCCCOc1ccc(Nc2ccc(C[C@H](NC(=O)c3ccc(NC(=O)COCc4ccccc4)cc3)C(=O)O)cc2)cc1.CCCCCCCOc1ccc(Nc2ccc(C[C@H](NC(=O)c3ccc(NC(=O)Cc4ccc(OC)cc4)cc3)C(=O)O)cc2)cc1. The third-order valence-corrected chi connectivity index (χ3v) is 22.9. The summed E-state index contributed by atoms with van der Waals surface area (Å²) < 4.78 is 33.2. The van der Waals surface area contributed by atoms with Crippen LogP contribution in [-0.2, 0) is 72.2 Å². The molecule has 28 nitrogen and oxygen atoms in total. The maximum atomic E-state index is 12.9. The third kappa shape index (κ3) is 40.0. The van der Waals surface area contributed by atoms with E-state index in [1.165, 1.54) is 94.9 Å². The van der Waals surface area contributed by atoms with E-state index in [0.29, 0.717) is 71.8 Å². The Hall–Kier alpha value is -16.1. The number of carbonyl (C=O) groups excluding carboxylic acids is 7. The van der Waals surface area contributed by atoms with Gasteiger partial charge in [-0.05, 0) is 259 Å². The number of carboxylic acids is 3. The Morgan fingerprint density at radius 3 is 0.832 bits per heavy atom. The van der Waals surface area contributed by atoms with Gasteiger partial charge in [-0.15, -0.1) is 0 Å². The molecule has 0 radical (unpaired) electrons. The highest BCUT2D eigenvalue weighted by molar-refractivity contribution is 6.05. The maximum Gasteiger partial charge on any atom is 0.326 e. The molecule has 0 aliphatic heterocycles. The minimum atomic E-state index is -1.20. The molecule has 748 valence electrons. The zero-order valence-electron chi connectivity index (χ0n) is 81.6. The number of methoxy groups -OCH3 is 2. The van der Waals surface area contributed by atoms with Crippen LogP contribution in [0.1, 0.15) is 192 Å². The third-order valence-electron chi connectivity index (χ3n) is 22.9. The summed E-state index contributed by atoms with van der Waals surface area (Å²) in [6.07, 6.45) is 18.4. The number of carboxylic acid groups (broad SMARTS) is 3. The lowest BCUT2D eigenvalue weighted by molar-refractivity contribution is -0.140. The van der Waals surface area contributed by atoms with Gasteiger partial charge < -0.3 is 91.6 Å². The van der Waals surface area contributed by atoms with Crippen molar-refractivity contribution in [2.75, 3.05) is 72.5 Å². The van der Waals surface area contributed by atoms with Crippen LogP contribution in [0.2, 0.25) is 0 Å². The molecule has 0 aliphatic carbocycles. The topological polar surface area (TPSA) is 395 Å². The first-order chi connectivity index (χ1) is 69.4. The molecule has 0 heterocycles. The molecule has 1 unspecified atom stereocenters. The highest BCUT2D eigenvalue weighted by atomic mass is 16.5. The van der Waals surface area contributed by atoms with Crippen molar-refractivity contribution in [1.29, 1.82) is 0 Å². The molecule has 28 heteroatoms. The van der Waals surface area contributed by atoms with Crippen LogP contribution in [0.4, 0.5) is 45.5 Å². The van der Waals surface area contributed by atoms with E-state index in [2.05, 4.69) is 68.6 Å². The van der Waals surface area contributed by atoms with Crippen LogP contribution in [0.25, 0.3) is 0 Å². The van der Waals surface area contributed by atoms with Gasteiger partial charge >= 0.3 is 17.9 Å². The van der Waals surface area contributed by atoms with Gasteiger partial charge in [-0.1, -0.05) is 189 Å². The summed E-state index contributed by atoms with van der Waals surface area (Å²) in [4.78, 5) is 125. The minimum absolute atomic E-state index is 0.0164. The number of carbonyl (C=O) groups is 10. The van der Waals surface area contributed by atoms with E-state index in [9.17, 15) is 63.3 Å². The highest BCUT2D eigenvalue weighted by Gasteiger charge is 2.26. The Balaban J connectivity index is 0.000000220. The quantitative estimate of drug-likeness (QED) is 0.0158. The molecule has 12 aromatic rings. The maximum absolute atomic E-state index is 12.9. The Kier molecular flexibility index (Phi) is 45.7. The zero-order valence-corrected chi connectivity index (χ0v) is 81.6. The molecule has 0 fully saturated rings. The normalized spacial score (nSPS) is 11.3. The summed E-state index contributed by atoms with van der Waals surface area (Å²) >= 11 is 0. The van der Waals surface area contributed by atoms with Crippen LogP contribution in [0.3, 0.4) is 0 Å². The fourth-order valence-corrected chi connectivity index (χ4v) is 14.8. The van der Waals surface area contributed by atoms with Crippen LogP contribution in [0, 0.1) is 0 Å². The average molecular weight is 1940 g/mol. The van der Waals surface area contributed by atoms with Gasteiger partial charge in [0.05, 0.1) is 53.5 Å². The lowest BCUT2D eigenvalue weighted by Crippen LogP contribution is -2.42. The Morgan fingerprint density at radius 2 is 0.517 bits per heavy atom. The summed E-state index contributed by atoms with van der Waals surface area (Å²) in [7, 11) is 3.16. The number of unbranched alkanes of at least 4 members (excludes halogenated alkanes) is 12. The Bertz CT molecular complexity index is 5950. The lowest BCUT2D eigenvalue weighted by Gasteiger charge is -2.15. The first-order valence-electron chi connectivity index (χ1n) is 48.4. The molecule has 143 heavy (non-hydrogen) atoms. The van der Waals surface area contributed by atoms with Crippen LogP contribution in [-0.4, -0.2) is 133 Å². The first kappa shape index (κ1) is 109. The van der Waals surface area contributed by atoms with E-state index < -0.39 is 53.8 Å². The first-order valence-corrected chi connectivity index (χ1v) is 48.4. The molecule has 0 bridgehead atoms. The van der Waals surface area contributed by atoms with Gasteiger partial charge in [0, 0.05) is 87.0 Å². The Morgan fingerprint density at radius 1 is 0.259 bits per heavy atom. The largest absolute Gasteiger partial charge is 0.497 e. The molecule has 3 atom stereocenters. The van der Waals surface area contributed by atoms with Crippen LogP contribution < -0.4 is 71.5 Å². The number of benzene rings is 12. The average Bonchev–Trinajstić information content (AvgIpc) is 0.850. The van der Waals surface area contributed by atoms with Crippen molar-refractivity contribution in [2.45, 2.75) is 174 Å². The summed E-state index contributed by atoms with van der Waals surface area (Å²) in [6.45, 7) is 8.90. The van der Waals surface area contributed by atoms with Gasteiger partial charge in [0.1, 0.15) is 53.5 Å². The smallest absolute Gasteiger partial charge is 0.326 e. The molecule has 7 amide bonds. The van der Waals surface area contributed by atoms with Gasteiger partial charge in [0.25, 0.3) is 23.6 Å². The van der Waals surface area contributed by atoms with Gasteiger partial charge in [0.15, 0.2) is 0 Å². The molecule has 12 rings (SSSR count). The predicted molar refractivity (Wildman–Crippen MR) is 558 cm³/mol. The zero-order chi connectivity index (χ0) is 102. The van der Waals surface area contributed by atoms with E-state index in [0.717, 1.165) is 93.5 Å². The van der Waals surface area contributed by atoms with Crippen molar-refractivity contribution in [3.8, 4) is 28.7 Å². The molecular weight excluding hydrogens is 1810 g/mol. The number of nitrogens with one attached hydrogen (secondary N) is 9. The molecule has 12 aromatic carbocycles. The number of rotatable bonds is 55. The molecular formula is C115H129N9O19. The summed E-state index contributed by atoms with van der Waals surface area (Å²) in [5.41, 5.74) is 11.7. The molecule has 0 saturated heterocycles. The van der Waals surface area contributed by atoms with Crippen molar-refractivity contribution < 1.29 is 91.7 Å². The number of aliphatic carboxylic acids is 3. The van der Waals surface area contributed by atoms with Crippen molar-refractivity contribution in [3.05, 3.63) is 353 Å². The van der Waals surface area contributed by atoms with Crippen molar-refractivity contribution in [3.63, 3.8) is 0 Å². The number of anilines is 8. The van der Waals surface area contributed by atoms with E-state index in [-0.39, 0.29) is 79.0 Å². The van der Waals surface area contributed by atoms with Crippen molar-refractivity contribution in [2.24, 2.45) is 0 Å². The fraction of sp³-hybridized carbons (Fsp3) is 0.287. The molecule has 0 aromatic heterocycles. The van der Waals surface area contributed by atoms with Crippen LogP contribution in [0.5, 0.6) is 28.7 Å². The standard InChI is InChI=1S/C39H43N3O7.2C38H43N3O6/c1-3-4-5-6-7-24-49-34-22-18-32(19-23-34)41-37(44)29-12-8-27(9-13-29)25-35(39(46)47)42-38(45)30-14-16-31(17-15-30)40-36(43)26-28-10-20-33(48-2)21-11-28;1-3-4-5-6-7-24-47-34-22-18-31(19-23-34)39-30-14-8-27(9-15-30)25-35(38(44)45)41-37(43)29-12-16-32(17-13-29)40-36(42)26-28-10-20-33(46-2)21-11-28;1-2-3-4-5-9-24-47-34-22-20-32(21-23-34)39-31-16-12-28(13-17-31)25-35(38(44)45)41-37(43)30-14-18-33(19-15-30)40-36(42)27-46-26-29-10-7-6-8-11-29/h8-23,35H,3-7,24-26H2,1-2H3,(H,40,43)(H,41,44)(H,42,45)(H,46,47);8-23,35,39H,3-7,24-26H2,1-2H3,(H,40,42)(H,41,43)(H,44,45);6-8,10-23,35,39H,2-5,9,24-27H2,1H3,(H,40,42)(H,41,43)(H,44,45)/t;2*35-/m.00/s1. The second-order valence-corrected chi connectivity index (χ2v) is 34.3. The Labute approximate surface area is 835 Å². The molecule has 12 N–H and O–H groups in total. The molecule has 0 spiro atoms. The lowest BCUT2D eigenvalue weighted by atomic mass is 10.0. The van der Waals surface area contributed by atoms with E-state index in [1.54, 1.807) is 123 Å². The molecule has 0 saturated carbocycles. The highest BCUT2D eigenvalue weighted by Crippen LogP contribution is 2.27. The van der Waals surface area contributed by atoms with E-state index >= 15 is 0 Å². The van der Waals surface area contributed by atoms with Gasteiger partial charge in [0.2, 0.25) is 17.7 Å². The van der Waals surface area contributed by atoms with E-state index in [4.69, 9.17) is 28.4 Å². The number of hydrogen-bond acceptors (Lipinski definition) is 18. The van der Waals surface area contributed by atoms with Crippen LogP contribution >= 0.6 is 0 Å². The summed E-state index contributed by atoms with van der Waals surface area (Å²) in [5, 5.41) is 55.0. The van der Waals surface area contributed by atoms with Crippen LogP contribution in [0.15, 0.2) is 297 Å². The van der Waals surface area contributed by atoms with Crippen molar-refractivity contribution in [1.82, 2.24) is 16.0 Å².